The molecular weight excluding hydrogens is 510 g/mol. The molecule has 0 aliphatic heterocycles. The number of carbonyl (C=O) groups excluding carboxylic acids is 1. The Bertz CT molecular complexity index is 1150. The number of carbonyl (C=O) groups is 1. The molecule has 0 radical (unpaired) electrons. The number of rotatable bonds is 8. The van der Waals surface area contributed by atoms with Gasteiger partial charge >= 0.3 is 0 Å². The molecule has 4 rings (SSSR count). The van der Waals surface area contributed by atoms with Gasteiger partial charge in [-0.25, -0.2) is 14.4 Å². The molecule has 8 heteroatoms. The number of amides is 1. The number of aromatic nitrogens is 2. The number of fused-ring (bicyclic) bond motifs is 1. The summed E-state index contributed by atoms with van der Waals surface area (Å²) in [6.45, 7) is 0. The van der Waals surface area contributed by atoms with Crippen LogP contribution in [0.1, 0.15) is 24.8 Å². The van der Waals surface area contributed by atoms with E-state index in [-0.39, 0.29) is 11.7 Å². The monoisotopic (exact) mass is 532 g/mol. The number of halogens is 2. The van der Waals surface area contributed by atoms with Crippen molar-refractivity contribution in [3.05, 3.63) is 60.2 Å². The van der Waals surface area contributed by atoms with Gasteiger partial charge in [-0.05, 0) is 61.1 Å². The third-order valence-electron chi connectivity index (χ3n) is 5.10. The molecule has 2 aromatic carbocycles. The first kappa shape index (κ1) is 21.5. The average Bonchev–Trinajstić information content (AvgIpc) is 3.59. The van der Waals surface area contributed by atoms with Gasteiger partial charge in [0.1, 0.15) is 23.7 Å². The van der Waals surface area contributed by atoms with Crippen LogP contribution in [0.5, 0.6) is 5.75 Å². The maximum absolute atomic E-state index is 13.8. The molecule has 3 aromatic rings. The normalized spacial score (nSPS) is 13.5. The van der Waals surface area contributed by atoms with Crippen molar-refractivity contribution in [1.82, 2.24) is 9.97 Å². The Morgan fingerprint density at radius 2 is 2.13 bits per heavy atom. The lowest BCUT2D eigenvalue weighted by atomic mass is 10.1. The largest absolute Gasteiger partial charge is 0.494 e. The van der Waals surface area contributed by atoms with Crippen molar-refractivity contribution in [3.8, 4) is 5.75 Å². The zero-order valence-electron chi connectivity index (χ0n) is 17.0. The molecule has 0 unspecified atom stereocenters. The van der Waals surface area contributed by atoms with E-state index in [1.165, 1.54) is 25.2 Å². The van der Waals surface area contributed by atoms with E-state index in [4.69, 9.17) is 4.74 Å². The molecule has 2 N–H and O–H groups in total. The van der Waals surface area contributed by atoms with Gasteiger partial charge in [-0.2, -0.15) is 0 Å². The van der Waals surface area contributed by atoms with Crippen LogP contribution in [0.2, 0.25) is 0 Å². The maximum Gasteiger partial charge on any atom is 0.248 e. The van der Waals surface area contributed by atoms with Gasteiger partial charge in [0.15, 0.2) is 0 Å². The molecule has 31 heavy (non-hydrogen) atoms. The number of benzene rings is 2. The smallest absolute Gasteiger partial charge is 0.248 e. The molecule has 0 atom stereocenters. The lowest BCUT2D eigenvalue weighted by Gasteiger charge is -2.13. The van der Waals surface area contributed by atoms with E-state index in [0.717, 1.165) is 18.0 Å². The van der Waals surface area contributed by atoms with Crippen molar-refractivity contribution in [2.45, 2.75) is 23.7 Å². The minimum Gasteiger partial charge on any atom is -0.494 e. The fourth-order valence-electron chi connectivity index (χ4n) is 3.24. The number of alkyl halides is 1. The molecular formula is C23H22FIN4O2. The van der Waals surface area contributed by atoms with Crippen molar-refractivity contribution in [2.24, 2.45) is 5.92 Å². The zero-order valence-corrected chi connectivity index (χ0v) is 19.1. The number of hydrogen-bond acceptors (Lipinski definition) is 5. The van der Waals surface area contributed by atoms with E-state index in [2.05, 4.69) is 43.2 Å². The first-order chi connectivity index (χ1) is 15.1. The van der Waals surface area contributed by atoms with Crippen LogP contribution in [0.15, 0.2) is 48.8 Å². The first-order valence-corrected chi connectivity index (χ1v) is 11.5. The quantitative estimate of drug-likeness (QED) is 0.220. The summed E-state index contributed by atoms with van der Waals surface area (Å²) < 4.78 is 19.8. The summed E-state index contributed by atoms with van der Waals surface area (Å²) in [6.07, 6.45) is 8.34. The number of allylic oxidation sites excluding steroid dienone is 1. The minimum absolute atomic E-state index is 0.213. The molecule has 1 aliphatic rings. The lowest BCUT2D eigenvalue weighted by Crippen LogP contribution is -2.09. The zero-order chi connectivity index (χ0) is 21.8. The molecule has 1 aromatic heterocycles. The summed E-state index contributed by atoms with van der Waals surface area (Å²) in [6, 6.07) is 8.39. The van der Waals surface area contributed by atoms with Crippen molar-refractivity contribution in [3.63, 3.8) is 0 Å². The summed E-state index contributed by atoms with van der Waals surface area (Å²) in [4.78, 5) is 21.0. The van der Waals surface area contributed by atoms with Crippen LogP contribution >= 0.6 is 22.6 Å². The molecule has 1 fully saturated rings. The van der Waals surface area contributed by atoms with Gasteiger partial charge in [-0.1, -0.05) is 28.7 Å². The molecule has 0 bridgehead atoms. The number of nitrogens with zero attached hydrogens (tertiary/aromatic N) is 2. The molecule has 1 aliphatic carbocycles. The van der Waals surface area contributed by atoms with E-state index in [1.807, 2.05) is 6.08 Å². The third kappa shape index (κ3) is 5.30. The van der Waals surface area contributed by atoms with Crippen molar-refractivity contribution in [2.75, 3.05) is 17.7 Å². The maximum atomic E-state index is 13.8. The van der Waals surface area contributed by atoms with Gasteiger partial charge in [0.2, 0.25) is 5.91 Å². The number of nitrogens with one attached hydrogen (secondary N) is 2. The van der Waals surface area contributed by atoms with Crippen LogP contribution in [0.3, 0.4) is 0 Å². The third-order valence-corrected chi connectivity index (χ3v) is 5.92. The Labute approximate surface area is 193 Å². The summed E-state index contributed by atoms with van der Waals surface area (Å²) in [7, 11) is 1.55. The van der Waals surface area contributed by atoms with Crippen LogP contribution in [-0.2, 0) is 9.22 Å². The molecule has 0 saturated heterocycles. The molecule has 6 nitrogen and oxygen atoms in total. The van der Waals surface area contributed by atoms with Crippen molar-refractivity contribution >= 4 is 56.6 Å². The van der Waals surface area contributed by atoms with E-state index >= 15 is 0 Å². The fourth-order valence-corrected chi connectivity index (χ4v) is 3.82. The first-order valence-electron chi connectivity index (χ1n) is 9.99. The van der Waals surface area contributed by atoms with Crippen LogP contribution in [0, 0.1) is 11.7 Å². The van der Waals surface area contributed by atoms with E-state index in [1.54, 1.807) is 37.5 Å². The minimum atomic E-state index is -0.239. The Morgan fingerprint density at radius 1 is 1.29 bits per heavy atom. The highest BCUT2D eigenvalue weighted by Gasteiger charge is 2.19. The van der Waals surface area contributed by atoms with Crippen molar-refractivity contribution < 1.29 is 13.9 Å². The van der Waals surface area contributed by atoms with Gasteiger partial charge in [0, 0.05) is 21.6 Å². The molecule has 1 amide bonds. The Morgan fingerprint density at radius 3 is 2.87 bits per heavy atom. The predicted octanol–water partition coefficient (Wildman–Crippen LogP) is 5.75. The van der Waals surface area contributed by atoms with Gasteiger partial charge in [-0.3, -0.25) is 4.79 Å². The highest BCUT2D eigenvalue weighted by atomic mass is 127. The SMILES string of the molecule is COc1cc2ncnc(Nc3ccc(F)c(CI)c3)c2cc1NC(=O)/C=C/CC1CC1. The standard InChI is InChI=1S/C23H22FIN4O2/c1-31-21-11-19-17(10-20(21)29-22(30)4-2-3-14-5-6-14)23(27-13-26-19)28-16-7-8-18(24)15(9-16)12-25/h2,4,7-11,13-14H,3,5-6,12H2,1H3,(H,29,30)(H,26,27,28)/b4-2+. The van der Waals surface area contributed by atoms with E-state index in [9.17, 15) is 9.18 Å². The summed E-state index contributed by atoms with van der Waals surface area (Å²) in [5.41, 5.74) is 2.52. The second-order valence-corrected chi connectivity index (χ2v) is 8.19. The number of anilines is 3. The number of methoxy groups -OCH3 is 1. The second-order valence-electron chi connectivity index (χ2n) is 7.43. The highest BCUT2D eigenvalue weighted by molar-refractivity contribution is 14.1. The molecule has 0 spiro atoms. The fraction of sp³-hybridized carbons (Fsp3) is 0.261. The van der Waals surface area contributed by atoms with Gasteiger partial charge in [0.25, 0.3) is 0 Å². The second kappa shape index (κ2) is 9.59. The van der Waals surface area contributed by atoms with Gasteiger partial charge in [-0.15, -0.1) is 0 Å². The van der Waals surface area contributed by atoms with Crippen LogP contribution in [0.4, 0.5) is 21.6 Å². The summed E-state index contributed by atoms with van der Waals surface area (Å²) in [5.74, 6) is 1.34. The van der Waals surface area contributed by atoms with E-state index in [0.29, 0.717) is 38.1 Å². The molecule has 1 saturated carbocycles. The highest BCUT2D eigenvalue weighted by Crippen LogP contribution is 2.34. The van der Waals surface area contributed by atoms with Crippen LogP contribution < -0.4 is 15.4 Å². The number of hydrogen-bond donors (Lipinski definition) is 2. The molecule has 160 valence electrons. The van der Waals surface area contributed by atoms with Gasteiger partial charge < -0.3 is 15.4 Å². The topological polar surface area (TPSA) is 76.1 Å². The molecule has 1 heterocycles. The van der Waals surface area contributed by atoms with Crippen LogP contribution in [-0.4, -0.2) is 23.0 Å². The Kier molecular flexibility index (Phi) is 6.64. The van der Waals surface area contributed by atoms with Gasteiger partial charge in [0.05, 0.1) is 18.3 Å². The van der Waals surface area contributed by atoms with Crippen molar-refractivity contribution in [1.29, 1.82) is 0 Å². The Hall–Kier alpha value is -2.75. The number of ether oxygens (including phenoxy) is 1. The Balaban J connectivity index is 1.63. The summed E-state index contributed by atoms with van der Waals surface area (Å²) >= 11 is 2.13. The van der Waals surface area contributed by atoms with Crippen LogP contribution in [0.25, 0.3) is 10.9 Å². The average molecular weight is 532 g/mol. The summed E-state index contributed by atoms with van der Waals surface area (Å²) in [5, 5.41) is 6.82. The predicted molar refractivity (Wildman–Crippen MR) is 129 cm³/mol. The van der Waals surface area contributed by atoms with E-state index < -0.39 is 0 Å². The lowest BCUT2D eigenvalue weighted by molar-refractivity contribution is -0.111.